The van der Waals surface area contributed by atoms with Crippen LogP contribution in [0.2, 0.25) is 0 Å². The lowest BCUT2D eigenvalue weighted by atomic mass is 10.2. The van der Waals surface area contributed by atoms with Gasteiger partial charge >= 0.3 is 0 Å². The van der Waals surface area contributed by atoms with E-state index in [1.807, 2.05) is 24.4 Å². The summed E-state index contributed by atoms with van der Waals surface area (Å²) in [5.74, 6) is 0.749. The number of hydrogen-bond donors (Lipinski definition) is 2. The largest absolute Gasteiger partial charge is 0.357 e. The lowest BCUT2D eigenvalue weighted by Crippen LogP contribution is -2.37. The minimum Gasteiger partial charge on any atom is -0.357 e. The summed E-state index contributed by atoms with van der Waals surface area (Å²) < 4.78 is 27.1. The van der Waals surface area contributed by atoms with E-state index in [1.165, 1.54) is 5.56 Å². The Morgan fingerprint density at radius 2 is 1.82 bits per heavy atom. The highest BCUT2D eigenvalue weighted by Gasteiger charge is 2.25. The van der Waals surface area contributed by atoms with Crippen LogP contribution < -0.4 is 10.6 Å². The molecule has 2 N–H and O–H groups in total. The van der Waals surface area contributed by atoms with Crippen LogP contribution in [-0.2, 0) is 23.1 Å². The molecule has 1 aromatic carbocycles. The maximum absolute atomic E-state index is 12.7. The van der Waals surface area contributed by atoms with Crippen LogP contribution in [-0.4, -0.2) is 38.3 Å². The lowest BCUT2D eigenvalue weighted by molar-refractivity contribution is 0.346. The zero-order valence-electron chi connectivity index (χ0n) is 16.2. The van der Waals surface area contributed by atoms with E-state index in [-0.39, 0.29) is 0 Å². The fraction of sp³-hybridized carbons (Fsp3) is 0.450. The molecule has 152 valence electrons. The molecule has 2 aromatic rings. The Bertz CT molecular complexity index is 856. The van der Waals surface area contributed by atoms with Gasteiger partial charge in [-0.1, -0.05) is 18.6 Å². The van der Waals surface area contributed by atoms with Crippen LogP contribution in [0.3, 0.4) is 0 Å². The average Bonchev–Trinajstić information content (AvgIpc) is 3.25. The highest BCUT2D eigenvalue weighted by molar-refractivity contribution is 7.89. The number of hydrogen-bond acceptors (Lipinski definition) is 4. The second kappa shape index (κ2) is 10.0. The van der Waals surface area contributed by atoms with Crippen LogP contribution in [0.5, 0.6) is 0 Å². The molecule has 1 aliphatic rings. The van der Waals surface area contributed by atoms with E-state index >= 15 is 0 Å². The van der Waals surface area contributed by atoms with Crippen molar-refractivity contribution < 1.29 is 8.42 Å². The fourth-order valence-corrected chi connectivity index (χ4v) is 5.29. The Hall–Kier alpha value is -1.90. The molecule has 0 bridgehead atoms. The van der Waals surface area contributed by atoms with Crippen molar-refractivity contribution in [1.29, 1.82) is 0 Å². The third-order valence-corrected chi connectivity index (χ3v) is 7.33. The summed E-state index contributed by atoms with van der Waals surface area (Å²) in [5, 5.41) is 10.7. The topological polar surface area (TPSA) is 73.8 Å². The van der Waals surface area contributed by atoms with E-state index in [1.54, 1.807) is 27.8 Å². The predicted molar refractivity (Wildman–Crippen MR) is 115 cm³/mol. The molecule has 1 saturated heterocycles. The Morgan fingerprint density at radius 1 is 1.07 bits per heavy atom. The third-order valence-electron chi connectivity index (χ3n) is 4.68. The first kappa shape index (κ1) is 20.8. The van der Waals surface area contributed by atoms with Gasteiger partial charge in [0.05, 0.1) is 11.4 Å². The van der Waals surface area contributed by atoms with Gasteiger partial charge in [0.2, 0.25) is 10.0 Å². The standard InChI is InChI=1S/C20H28N4O2S2/c1-2-21-20(23-15-18-10-13-27-16-18)22-14-17-6-8-19(9-7-17)28(25,26)24-11-4-3-5-12-24/h6-10,13,16H,2-5,11-12,14-15H2,1H3,(H2,21,22,23). The van der Waals surface area contributed by atoms with Crippen LogP contribution >= 0.6 is 11.3 Å². The zero-order valence-corrected chi connectivity index (χ0v) is 17.9. The van der Waals surface area contributed by atoms with Gasteiger partial charge in [-0.15, -0.1) is 0 Å². The van der Waals surface area contributed by atoms with Crippen molar-refractivity contribution in [3.63, 3.8) is 0 Å². The van der Waals surface area contributed by atoms with Crippen LogP contribution in [0.25, 0.3) is 0 Å². The first-order valence-corrected chi connectivity index (χ1v) is 12.1. The summed E-state index contributed by atoms with van der Waals surface area (Å²) >= 11 is 1.67. The number of piperidine rings is 1. The Labute approximate surface area is 171 Å². The van der Waals surface area contributed by atoms with Gasteiger partial charge in [0.15, 0.2) is 5.96 Å². The molecule has 1 aromatic heterocycles. The fourth-order valence-electron chi connectivity index (χ4n) is 3.11. The highest BCUT2D eigenvalue weighted by Crippen LogP contribution is 2.20. The van der Waals surface area contributed by atoms with Crippen molar-refractivity contribution in [2.45, 2.75) is 44.2 Å². The smallest absolute Gasteiger partial charge is 0.243 e. The number of sulfonamides is 1. The van der Waals surface area contributed by atoms with Gasteiger partial charge in [0.1, 0.15) is 0 Å². The molecule has 2 heterocycles. The molecular formula is C20H28N4O2S2. The SMILES string of the molecule is CCNC(=NCc1ccsc1)NCc1ccc(S(=O)(=O)N2CCCCC2)cc1. The maximum Gasteiger partial charge on any atom is 0.243 e. The summed E-state index contributed by atoms with van der Waals surface area (Å²) in [6, 6.07) is 9.21. The minimum absolute atomic E-state index is 0.371. The minimum atomic E-state index is -3.37. The Morgan fingerprint density at radius 3 is 2.46 bits per heavy atom. The number of rotatable bonds is 7. The van der Waals surface area contributed by atoms with Crippen molar-refractivity contribution in [3.05, 3.63) is 52.2 Å². The van der Waals surface area contributed by atoms with E-state index in [2.05, 4.69) is 27.1 Å². The number of nitrogens with one attached hydrogen (secondary N) is 2. The average molecular weight is 421 g/mol. The molecule has 0 amide bonds. The number of benzene rings is 1. The van der Waals surface area contributed by atoms with Crippen LogP contribution in [0.1, 0.15) is 37.3 Å². The predicted octanol–water partition coefficient (Wildman–Crippen LogP) is 3.18. The normalized spacial score (nSPS) is 16.1. The van der Waals surface area contributed by atoms with Crippen molar-refractivity contribution in [1.82, 2.24) is 14.9 Å². The zero-order chi connectivity index (χ0) is 19.8. The summed E-state index contributed by atoms with van der Waals surface area (Å²) in [6.07, 6.45) is 3.00. The molecule has 8 heteroatoms. The summed E-state index contributed by atoms with van der Waals surface area (Å²) in [7, 11) is -3.37. The Balaban J connectivity index is 1.60. The molecular weight excluding hydrogens is 392 g/mol. The summed E-state index contributed by atoms with van der Waals surface area (Å²) in [5.41, 5.74) is 2.20. The van der Waals surface area contributed by atoms with Gasteiger partial charge in [-0.05, 0) is 59.9 Å². The quantitative estimate of drug-likeness (QED) is 0.533. The van der Waals surface area contributed by atoms with Crippen molar-refractivity contribution in [2.24, 2.45) is 4.99 Å². The maximum atomic E-state index is 12.7. The second-order valence-corrected chi connectivity index (χ2v) is 9.51. The molecule has 0 spiro atoms. The van der Waals surface area contributed by atoms with Gasteiger partial charge in [0.25, 0.3) is 0 Å². The first-order chi connectivity index (χ1) is 13.6. The lowest BCUT2D eigenvalue weighted by Gasteiger charge is -2.25. The van der Waals surface area contributed by atoms with E-state index in [0.29, 0.717) is 31.1 Å². The molecule has 0 radical (unpaired) electrons. The van der Waals surface area contributed by atoms with E-state index in [9.17, 15) is 8.42 Å². The van der Waals surface area contributed by atoms with Crippen molar-refractivity contribution in [3.8, 4) is 0 Å². The molecule has 0 unspecified atom stereocenters. The van der Waals surface area contributed by atoms with Gasteiger partial charge in [-0.25, -0.2) is 13.4 Å². The van der Waals surface area contributed by atoms with Crippen LogP contribution in [0, 0.1) is 0 Å². The highest BCUT2D eigenvalue weighted by atomic mass is 32.2. The van der Waals surface area contributed by atoms with E-state index in [4.69, 9.17) is 0 Å². The van der Waals surface area contributed by atoms with Gasteiger partial charge in [0, 0.05) is 26.2 Å². The molecule has 3 rings (SSSR count). The summed E-state index contributed by atoms with van der Waals surface area (Å²) in [4.78, 5) is 4.96. The third kappa shape index (κ3) is 5.56. The first-order valence-electron chi connectivity index (χ1n) is 9.72. The number of aliphatic imine (C=N–C) groups is 1. The molecule has 0 saturated carbocycles. The van der Waals surface area contributed by atoms with Crippen molar-refractivity contribution in [2.75, 3.05) is 19.6 Å². The van der Waals surface area contributed by atoms with Crippen LogP contribution in [0.4, 0.5) is 0 Å². The van der Waals surface area contributed by atoms with Crippen LogP contribution in [0.15, 0.2) is 51.0 Å². The molecule has 6 nitrogen and oxygen atoms in total. The van der Waals surface area contributed by atoms with Gasteiger partial charge < -0.3 is 10.6 Å². The molecule has 1 aliphatic heterocycles. The molecule has 0 aliphatic carbocycles. The van der Waals surface area contributed by atoms with Gasteiger partial charge in [-0.2, -0.15) is 15.6 Å². The second-order valence-electron chi connectivity index (χ2n) is 6.79. The van der Waals surface area contributed by atoms with Crippen molar-refractivity contribution >= 4 is 27.3 Å². The molecule has 0 atom stereocenters. The monoisotopic (exact) mass is 420 g/mol. The van der Waals surface area contributed by atoms with Gasteiger partial charge in [-0.3, -0.25) is 0 Å². The number of guanidine groups is 1. The van der Waals surface area contributed by atoms with E-state index < -0.39 is 10.0 Å². The number of thiophene rings is 1. The molecule has 28 heavy (non-hydrogen) atoms. The van der Waals surface area contributed by atoms with E-state index in [0.717, 1.165) is 37.3 Å². The summed E-state index contributed by atoms with van der Waals surface area (Å²) in [6.45, 7) is 5.27. The number of nitrogens with zero attached hydrogens (tertiary/aromatic N) is 2. The Kier molecular flexibility index (Phi) is 7.47. The molecule has 1 fully saturated rings.